The second-order valence-electron chi connectivity index (χ2n) is 4.12. The highest BCUT2D eigenvalue weighted by molar-refractivity contribution is 9.10. The second kappa shape index (κ2) is 7.48. The number of hydrogen-bond donors (Lipinski definition) is 0. The van der Waals surface area contributed by atoms with Crippen LogP contribution in [0.3, 0.4) is 0 Å². The van der Waals surface area contributed by atoms with Crippen molar-refractivity contribution in [3.05, 3.63) is 34.3 Å². The normalized spacial score (nSPS) is 13.5. The summed E-state index contributed by atoms with van der Waals surface area (Å²) in [6.45, 7) is 2.81. The predicted molar refractivity (Wildman–Crippen MR) is 77.2 cm³/mol. The molecule has 0 aromatic heterocycles. The van der Waals surface area contributed by atoms with Gasteiger partial charge in [-0.3, -0.25) is 0 Å². The molecule has 0 amide bonds. The smallest absolute Gasteiger partial charge is 0.232 e. The average molecular weight is 356 g/mol. The summed E-state index contributed by atoms with van der Waals surface area (Å²) in [4.78, 5) is 0. The van der Waals surface area contributed by atoms with Gasteiger partial charge in [0.1, 0.15) is 0 Å². The van der Waals surface area contributed by atoms with Gasteiger partial charge in [-0.05, 0) is 23.6 Å². The maximum atomic E-state index is 11.0. The van der Waals surface area contributed by atoms with E-state index in [1.54, 1.807) is 0 Å². The fourth-order valence-electron chi connectivity index (χ4n) is 1.49. The Morgan fingerprint density at radius 1 is 1.33 bits per heavy atom. The van der Waals surface area contributed by atoms with Crippen LogP contribution in [-0.2, 0) is 20.4 Å². The van der Waals surface area contributed by atoms with E-state index in [-0.39, 0.29) is 11.7 Å². The lowest BCUT2D eigenvalue weighted by Gasteiger charge is -2.13. The minimum Gasteiger partial charge on any atom is -0.376 e. The van der Waals surface area contributed by atoms with Crippen molar-refractivity contribution < 1.29 is 13.2 Å². The Balaban J connectivity index is 2.38. The molecule has 0 aliphatic heterocycles. The van der Waals surface area contributed by atoms with Crippen LogP contribution < -0.4 is 0 Å². The van der Waals surface area contributed by atoms with Gasteiger partial charge < -0.3 is 4.74 Å². The summed E-state index contributed by atoms with van der Waals surface area (Å²) in [7, 11) is 1.78. The second-order valence-corrected chi connectivity index (χ2v) is 7.86. The van der Waals surface area contributed by atoms with E-state index in [0.717, 1.165) is 16.5 Å². The summed E-state index contributed by atoms with van der Waals surface area (Å²) in [5.41, 5.74) is 1.06. The summed E-state index contributed by atoms with van der Waals surface area (Å²) < 4.78 is 28.5. The zero-order valence-electron chi connectivity index (χ0n) is 10.1. The minimum atomic E-state index is -3.45. The van der Waals surface area contributed by atoms with Crippen molar-refractivity contribution in [2.45, 2.75) is 20.0 Å². The standard InChI is InChI=1S/C12H16BrClO3S/c1-2-10(9-18(14,15)16)7-17-8-11-3-5-12(13)6-4-11/h3-6,10H,2,7-9H2,1H3. The maximum absolute atomic E-state index is 11.0. The molecule has 1 aromatic carbocycles. The van der Waals surface area contributed by atoms with Gasteiger partial charge in [0.15, 0.2) is 0 Å². The Morgan fingerprint density at radius 2 is 1.94 bits per heavy atom. The Labute approximate surface area is 121 Å². The van der Waals surface area contributed by atoms with Crippen molar-refractivity contribution in [2.24, 2.45) is 5.92 Å². The van der Waals surface area contributed by atoms with Gasteiger partial charge in [-0.25, -0.2) is 8.42 Å². The van der Waals surface area contributed by atoms with Crippen LogP contribution in [0, 0.1) is 5.92 Å². The maximum Gasteiger partial charge on any atom is 0.232 e. The quantitative estimate of drug-likeness (QED) is 0.702. The monoisotopic (exact) mass is 354 g/mol. The predicted octanol–water partition coefficient (Wildman–Crippen LogP) is 3.56. The summed E-state index contributed by atoms with van der Waals surface area (Å²) in [5, 5.41) is 0. The van der Waals surface area contributed by atoms with Crippen molar-refractivity contribution in [1.29, 1.82) is 0 Å². The van der Waals surface area contributed by atoms with Gasteiger partial charge in [-0.15, -0.1) is 0 Å². The molecule has 0 spiro atoms. The number of rotatable bonds is 7. The molecular formula is C12H16BrClO3S. The van der Waals surface area contributed by atoms with Crippen LogP contribution in [0.1, 0.15) is 18.9 Å². The zero-order chi connectivity index (χ0) is 13.6. The lowest BCUT2D eigenvalue weighted by atomic mass is 10.1. The number of hydrogen-bond acceptors (Lipinski definition) is 3. The first kappa shape index (κ1) is 16.0. The molecule has 102 valence electrons. The van der Waals surface area contributed by atoms with Crippen LogP contribution in [0.4, 0.5) is 0 Å². The molecule has 1 atom stereocenters. The van der Waals surface area contributed by atoms with E-state index in [1.807, 2.05) is 31.2 Å². The molecular weight excluding hydrogens is 340 g/mol. The van der Waals surface area contributed by atoms with Gasteiger partial charge in [0.25, 0.3) is 0 Å². The van der Waals surface area contributed by atoms with Gasteiger partial charge in [-0.1, -0.05) is 41.4 Å². The van der Waals surface area contributed by atoms with E-state index in [0.29, 0.717) is 13.2 Å². The lowest BCUT2D eigenvalue weighted by Crippen LogP contribution is -2.17. The minimum absolute atomic E-state index is 0.0363. The molecule has 6 heteroatoms. The van der Waals surface area contributed by atoms with E-state index in [1.165, 1.54) is 0 Å². The van der Waals surface area contributed by atoms with Gasteiger partial charge in [0.05, 0.1) is 19.0 Å². The van der Waals surface area contributed by atoms with E-state index in [4.69, 9.17) is 15.4 Å². The Kier molecular flexibility index (Phi) is 6.63. The Morgan fingerprint density at radius 3 is 2.44 bits per heavy atom. The zero-order valence-corrected chi connectivity index (χ0v) is 13.3. The van der Waals surface area contributed by atoms with E-state index in [2.05, 4.69) is 15.9 Å². The van der Waals surface area contributed by atoms with Crippen molar-refractivity contribution in [3.8, 4) is 0 Å². The Bertz CT molecular complexity index is 459. The molecule has 0 aliphatic carbocycles. The molecule has 0 N–H and O–H groups in total. The third kappa shape index (κ3) is 6.73. The largest absolute Gasteiger partial charge is 0.376 e. The summed E-state index contributed by atoms with van der Waals surface area (Å²) >= 11 is 3.36. The Hall–Kier alpha value is -0.100. The summed E-state index contributed by atoms with van der Waals surface area (Å²) in [5.74, 6) is -0.0891. The van der Waals surface area contributed by atoms with Crippen LogP contribution in [0.2, 0.25) is 0 Å². The highest BCUT2D eigenvalue weighted by atomic mass is 79.9. The molecule has 1 aromatic rings. The van der Waals surface area contributed by atoms with Crippen LogP contribution >= 0.6 is 26.6 Å². The molecule has 0 heterocycles. The summed E-state index contributed by atoms with van der Waals surface area (Å²) in [6, 6.07) is 7.81. The third-order valence-corrected chi connectivity index (χ3v) is 4.32. The first-order valence-corrected chi connectivity index (χ1v) is 8.92. The van der Waals surface area contributed by atoms with Gasteiger partial charge in [0, 0.05) is 15.2 Å². The van der Waals surface area contributed by atoms with E-state index < -0.39 is 9.05 Å². The topological polar surface area (TPSA) is 43.4 Å². The molecule has 0 bridgehead atoms. The average Bonchev–Trinajstić information content (AvgIpc) is 2.29. The van der Waals surface area contributed by atoms with Gasteiger partial charge >= 0.3 is 0 Å². The molecule has 0 saturated heterocycles. The van der Waals surface area contributed by atoms with Crippen LogP contribution in [-0.4, -0.2) is 20.8 Å². The van der Waals surface area contributed by atoms with Crippen molar-refractivity contribution >= 4 is 35.7 Å². The molecule has 3 nitrogen and oxygen atoms in total. The van der Waals surface area contributed by atoms with E-state index in [9.17, 15) is 8.42 Å². The van der Waals surface area contributed by atoms with Crippen LogP contribution in [0.5, 0.6) is 0 Å². The van der Waals surface area contributed by atoms with Crippen molar-refractivity contribution in [2.75, 3.05) is 12.4 Å². The number of halogens is 2. The molecule has 0 aliphatic rings. The molecule has 0 saturated carbocycles. The number of benzene rings is 1. The molecule has 1 rings (SSSR count). The van der Waals surface area contributed by atoms with E-state index >= 15 is 0 Å². The summed E-state index contributed by atoms with van der Waals surface area (Å²) in [6.07, 6.45) is 0.728. The van der Waals surface area contributed by atoms with Crippen LogP contribution in [0.15, 0.2) is 28.7 Å². The lowest BCUT2D eigenvalue weighted by molar-refractivity contribution is 0.0919. The first-order valence-electron chi connectivity index (χ1n) is 5.65. The van der Waals surface area contributed by atoms with Crippen molar-refractivity contribution in [1.82, 2.24) is 0 Å². The van der Waals surface area contributed by atoms with Crippen LogP contribution in [0.25, 0.3) is 0 Å². The molecule has 0 radical (unpaired) electrons. The molecule has 0 fully saturated rings. The third-order valence-electron chi connectivity index (χ3n) is 2.55. The van der Waals surface area contributed by atoms with Gasteiger partial charge in [0.2, 0.25) is 9.05 Å². The van der Waals surface area contributed by atoms with Crippen molar-refractivity contribution in [3.63, 3.8) is 0 Å². The highest BCUT2D eigenvalue weighted by Crippen LogP contribution is 2.14. The molecule has 18 heavy (non-hydrogen) atoms. The fraction of sp³-hybridized carbons (Fsp3) is 0.500. The van der Waals surface area contributed by atoms with Gasteiger partial charge in [-0.2, -0.15) is 0 Å². The fourth-order valence-corrected chi connectivity index (χ4v) is 3.18. The SMILES string of the molecule is CCC(COCc1ccc(Br)cc1)CS(=O)(=O)Cl. The highest BCUT2D eigenvalue weighted by Gasteiger charge is 2.15. The number of ether oxygens (including phenoxy) is 1. The first-order chi connectivity index (χ1) is 8.40. The molecule has 1 unspecified atom stereocenters.